The van der Waals surface area contributed by atoms with Gasteiger partial charge in [0.15, 0.2) is 0 Å². The summed E-state index contributed by atoms with van der Waals surface area (Å²) in [6, 6.07) is 75.2. The van der Waals surface area contributed by atoms with E-state index in [9.17, 15) is 0 Å². The molecule has 0 aliphatic heterocycles. The molecule has 258 valence electrons. The molecule has 0 unspecified atom stereocenters. The van der Waals surface area contributed by atoms with E-state index in [2.05, 4.69) is 216 Å². The number of anilines is 3. The van der Waals surface area contributed by atoms with Crippen molar-refractivity contribution in [1.29, 1.82) is 0 Å². The maximum atomic E-state index is 2.44. The fourth-order valence-electron chi connectivity index (χ4n) is 8.53. The summed E-state index contributed by atoms with van der Waals surface area (Å²) in [5.41, 5.74) is 11.7. The van der Waals surface area contributed by atoms with Crippen LogP contribution in [0.25, 0.3) is 80.7 Å². The van der Waals surface area contributed by atoms with Crippen LogP contribution in [0, 0.1) is 0 Å². The minimum Gasteiger partial charge on any atom is -0.310 e. The second-order valence-corrected chi connectivity index (χ2v) is 15.2. The van der Waals surface area contributed by atoms with Crippen LogP contribution in [0.1, 0.15) is 0 Å². The van der Waals surface area contributed by atoms with E-state index in [0.29, 0.717) is 0 Å². The zero-order valence-corrected chi connectivity index (χ0v) is 30.7. The molecular formula is C52H34N2S. The highest BCUT2D eigenvalue weighted by Crippen LogP contribution is 2.46. The van der Waals surface area contributed by atoms with Crippen LogP contribution in [-0.2, 0) is 0 Å². The molecule has 9 aromatic carbocycles. The van der Waals surface area contributed by atoms with Gasteiger partial charge in [-0.1, -0.05) is 140 Å². The Morgan fingerprint density at radius 3 is 1.85 bits per heavy atom. The second-order valence-electron chi connectivity index (χ2n) is 14.1. The van der Waals surface area contributed by atoms with Crippen molar-refractivity contribution in [1.82, 2.24) is 4.57 Å². The molecule has 0 aliphatic carbocycles. The number of hydrogen-bond acceptors (Lipinski definition) is 2. The van der Waals surface area contributed by atoms with Crippen LogP contribution < -0.4 is 4.90 Å². The van der Waals surface area contributed by atoms with E-state index < -0.39 is 0 Å². The average molecular weight is 719 g/mol. The van der Waals surface area contributed by atoms with Crippen LogP contribution in [0.5, 0.6) is 0 Å². The SMILES string of the molecule is c1ccc(-c2ccccc2N(c2cccc(-c3cc4c5ccccc5n(-c5ccccc5)c4c4ccccc34)c2)c2ccc3sc4ccccc4c3c2)cc1. The summed E-state index contributed by atoms with van der Waals surface area (Å²) in [5, 5.41) is 7.54. The van der Waals surface area contributed by atoms with Crippen LogP contribution in [-0.4, -0.2) is 4.57 Å². The van der Waals surface area contributed by atoms with Gasteiger partial charge in [0.05, 0.1) is 16.7 Å². The largest absolute Gasteiger partial charge is 0.310 e. The molecule has 0 atom stereocenters. The first-order chi connectivity index (χ1) is 27.3. The lowest BCUT2D eigenvalue weighted by Gasteiger charge is -2.28. The second kappa shape index (κ2) is 12.9. The Morgan fingerprint density at radius 1 is 0.364 bits per heavy atom. The average Bonchev–Trinajstić information content (AvgIpc) is 3.80. The lowest BCUT2D eigenvalue weighted by molar-refractivity contribution is 1.19. The molecule has 11 rings (SSSR count). The van der Waals surface area contributed by atoms with Crippen molar-refractivity contribution in [3.63, 3.8) is 0 Å². The van der Waals surface area contributed by atoms with Gasteiger partial charge in [-0.2, -0.15) is 0 Å². The van der Waals surface area contributed by atoms with Crippen LogP contribution in [0.3, 0.4) is 0 Å². The summed E-state index contributed by atoms with van der Waals surface area (Å²) in [6.45, 7) is 0. The third-order valence-electron chi connectivity index (χ3n) is 11.0. The number of aromatic nitrogens is 1. The predicted molar refractivity (Wildman–Crippen MR) is 237 cm³/mol. The zero-order valence-electron chi connectivity index (χ0n) is 29.9. The van der Waals surface area contributed by atoms with Gasteiger partial charge in [-0.25, -0.2) is 0 Å². The lowest BCUT2D eigenvalue weighted by Crippen LogP contribution is -2.11. The molecule has 2 aromatic heterocycles. The molecule has 11 aromatic rings. The minimum absolute atomic E-state index is 1.11. The van der Waals surface area contributed by atoms with Crippen molar-refractivity contribution >= 4 is 81.1 Å². The van der Waals surface area contributed by atoms with Gasteiger partial charge in [0.1, 0.15) is 0 Å². The summed E-state index contributed by atoms with van der Waals surface area (Å²) >= 11 is 1.86. The Morgan fingerprint density at radius 2 is 1.00 bits per heavy atom. The Kier molecular flexibility index (Phi) is 7.39. The van der Waals surface area contributed by atoms with Crippen molar-refractivity contribution in [3.8, 4) is 27.9 Å². The van der Waals surface area contributed by atoms with E-state index in [1.54, 1.807) is 0 Å². The number of nitrogens with zero attached hydrogens (tertiary/aromatic N) is 2. The van der Waals surface area contributed by atoms with E-state index in [0.717, 1.165) is 22.7 Å². The van der Waals surface area contributed by atoms with E-state index in [1.807, 2.05) is 11.3 Å². The smallest absolute Gasteiger partial charge is 0.0619 e. The molecule has 55 heavy (non-hydrogen) atoms. The zero-order chi connectivity index (χ0) is 36.3. The normalized spacial score (nSPS) is 11.6. The first-order valence-electron chi connectivity index (χ1n) is 18.8. The molecule has 2 heterocycles. The summed E-state index contributed by atoms with van der Waals surface area (Å²) in [7, 11) is 0. The van der Waals surface area contributed by atoms with Gasteiger partial charge >= 0.3 is 0 Å². The standard InChI is InChI=1S/C52H34N2S/c1-3-16-35(17-4-1)40-22-9-12-27-48(40)53(39-30-31-51-46(33-39)43-25-11-14-29-50(43)55-51)38-21-15-18-36(32-38)45-34-47-42-24-10-13-28-49(42)54(37-19-5-2-6-20-37)52(47)44-26-8-7-23-41(44)45/h1-34H. The fourth-order valence-corrected chi connectivity index (χ4v) is 9.62. The number of fused-ring (bicyclic) bond motifs is 8. The molecule has 0 bridgehead atoms. The number of rotatable bonds is 6. The minimum atomic E-state index is 1.11. The van der Waals surface area contributed by atoms with Crippen LogP contribution >= 0.6 is 11.3 Å². The van der Waals surface area contributed by atoms with Crippen LogP contribution in [0.4, 0.5) is 17.1 Å². The fraction of sp³-hybridized carbons (Fsp3) is 0. The first-order valence-corrected chi connectivity index (χ1v) is 19.6. The first kappa shape index (κ1) is 31.6. The molecule has 0 radical (unpaired) electrons. The number of thiophene rings is 1. The maximum absolute atomic E-state index is 2.44. The van der Waals surface area contributed by atoms with Crippen molar-refractivity contribution in [2.24, 2.45) is 0 Å². The molecule has 2 nitrogen and oxygen atoms in total. The van der Waals surface area contributed by atoms with Gasteiger partial charge in [-0.05, 0) is 88.8 Å². The Hall–Kier alpha value is -6.94. The topological polar surface area (TPSA) is 8.17 Å². The van der Waals surface area contributed by atoms with Gasteiger partial charge in [0.25, 0.3) is 0 Å². The molecule has 0 fully saturated rings. The van der Waals surface area contributed by atoms with Gasteiger partial charge in [0.2, 0.25) is 0 Å². The summed E-state index contributed by atoms with van der Waals surface area (Å²) in [4.78, 5) is 2.44. The lowest BCUT2D eigenvalue weighted by atomic mass is 9.94. The third kappa shape index (κ3) is 5.16. The highest BCUT2D eigenvalue weighted by Gasteiger charge is 2.21. The van der Waals surface area contributed by atoms with Gasteiger partial charge in [-0.3, -0.25) is 0 Å². The summed E-state index contributed by atoms with van der Waals surface area (Å²) < 4.78 is 5.04. The van der Waals surface area contributed by atoms with Gasteiger partial charge in [-0.15, -0.1) is 11.3 Å². The van der Waals surface area contributed by atoms with Gasteiger partial charge in [0, 0.05) is 59.0 Å². The van der Waals surface area contributed by atoms with Crippen molar-refractivity contribution < 1.29 is 0 Å². The molecule has 0 N–H and O–H groups in total. The Labute approximate surface area is 323 Å². The number of hydrogen-bond donors (Lipinski definition) is 0. The van der Waals surface area contributed by atoms with E-state index in [1.165, 1.54) is 75.0 Å². The van der Waals surface area contributed by atoms with E-state index in [-0.39, 0.29) is 0 Å². The third-order valence-corrected chi connectivity index (χ3v) is 12.1. The number of para-hydroxylation sites is 3. The van der Waals surface area contributed by atoms with Crippen molar-refractivity contribution in [2.45, 2.75) is 0 Å². The molecule has 0 saturated heterocycles. The van der Waals surface area contributed by atoms with Crippen LogP contribution in [0.2, 0.25) is 0 Å². The van der Waals surface area contributed by atoms with Gasteiger partial charge < -0.3 is 9.47 Å². The number of benzene rings is 9. The van der Waals surface area contributed by atoms with Crippen molar-refractivity contribution in [2.75, 3.05) is 4.90 Å². The highest BCUT2D eigenvalue weighted by molar-refractivity contribution is 7.25. The van der Waals surface area contributed by atoms with Crippen molar-refractivity contribution in [3.05, 3.63) is 206 Å². The Balaban J connectivity index is 1.16. The Bertz CT molecular complexity index is 3210. The summed E-state index contributed by atoms with van der Waals surface area (Å²) in [5.74, 6) is 0. The maximum Gasteiger partial charge on any atom is 0.0619 e. The van der Waals surface area contributed by atoms with Crippen LogP contribution in [0.15, 0.2) is 206 Å². The summed E-state index contributed by atoms with van der Waals surface area (Å²) in [6.07, 6.45) is 0. The quantitative estimate of drug-likeness (QED) is 0.166. The highest BCUT2D eigenvalue weighted by atomic mass is 32.1. The monoisotopic (exact) mass is 718 g/mol. The molecule has 0 saturated carbocycles. The van der Waals surface area contributed by atoms with E-state index in [4.69, 9.17) is 0 Å². The molecule has 0 spiro atoms. The molecular weight excluding hydrogens is 685 g/mol. The molecule has 0 amide bonds. The predicted octanol–water partition coefficient (Wildman–Crippen LogP) is 15.1. The molecule has 0 aliphatic rings. The van der Waals surface area contributed by atoms with E-state index >= 15 is 0 Å². The molecule has 3 heteroatoms.